The fraction of sp³-hybridized carbons (Fsp3) is 0.500. The second kappa shape index (κ2) is 4.18. The zero-order chi connectivity index (χ0) is 12.6. The van der Waals surface area contributed by atoms with E-state index in [2.05, 4.69) is 25.5 Å². The molecule has 1 aromatic rings. The molecule has 90 valence electrons. The first-order valence-electron chi connectivity index (χ1n) is 5.23. The van der Waals surface area contributed by atoms with Crippen LogP contribution in [0.1, 0.15) is 31.9 Å². The average Bonchev–Trinajstić information content (AvgIpc) is 2.16. The molecule has 0 aromatic heterocycles. The lowest BCUT2D eigenvalue weighted by molar-refractivity contribution is 0.579. The monoisotopic (exact) mass is 241 g/mol. The second-order valence-electron chi connectivity index (χ2n) is 4.94. The summed E-state index contributed by atoms with van der Waals surface area (Å²) in [4.78, 5) is 0.363. The molecule has 1 rings (SSSR count). The third-order valence-electron chi connectivity index (χ3n) is 2.61. The molecule has 0 bridgehead atoms. The summed E-state index contributed by atoms with van der Waals surface area (Å²) in [7, 11) is -1.93. The van der Waals surface area contributed by atoms with Crippen LogP contribution in [0, 0.1) is 6.92 Å². The zero-order valence-electron chi connectivity index (χ0n) is 10.5. The molecule has 0 unspecified atom stereocenters. The zero-order valence-corrected chi connectivity index (χ0v) is 11.3. The predicted molar refractivity (Wildman–Crippen MR) is 66.1 cm³/mol. The van der Waals surface area contributed by atoms with Crippen molar-refractivity contribution in [2.75, 3.05) is 7.05 Å². The number of benzene rings is 1. The van der Waals surface area contributed by atoms with Crippen LogP contribution in [0.3, 0.4) is 0 Å². The Balaban J connectivity index is 3.42. The van der Waals surface area contributed by atoms with Crippen LogP contribution in [0.4, 0.5) is 0 Å². The molecule has 0 amide bonds. The quantitative estimate of drug-likeness (QED) is 0.862. The topological polar surface area (TPSA) is 46.2 Å². The van der Waals surface area contributed by atoms with Gasteiger partial charge in [0.05, 0.1) is 4.90 Å². The normalized spacial score (nSPS) is 12.8. The molecule has 4 heteroatoms. The standard InChI is InChI=1S/C12H19NO2S/c1-9-6-7-10(12(2,3)4)8-11(9)16(14,15)13-5/h6-8,13H,1-5H3. The SMILES string of the molecule is CNS(=O)(=O)c1cc(C(C)(C)C)ccc1C. The smallest absolute Gasteiger partial charge is 0.214 e. The summed E-state index contributed by atoms with van der Waals surface area (Å²) in [5, 5.41) is 0. The highest BCUT2D eigenvalue weighted by molar-refractivity contribution is 7.89. The summed E-state index contributed by atoms with van der Waals surface area (Å²) in [6, 6.07) is 5.58. The van der Waals surface area contributed by atoms with Gasteiger partial charge in [-0.15, -0.1) is 0 Å². The van der Waals surface area contributed by atoms with Gasteiger partial charge in [-0.1, -0.05) is 32.9 Å². The third-order valence-corrected chi connectivity index (χ3v) is 4.17. The summed E-state index contributed by atoms with van der Waals surface area (Å²) < 4.78 is 25.9. The fourth-order valence-corrected chi connectivity index (χ4v) is 2.46. The van der Waals surface area contributed by atoms with Gasteiger partial charge >= 0.3 is 0 Å². The minimum atomic E-state index is -3.36. The summed E-state index contributed by atoms with van der Waals surface area (Å²) in [6.45, 7) is 7.99. The van der Waals surface area contributed by atoms with Gasteiger partial charge in [0.15, 0.2) is 0 Å². The van der Waals surface area contributed by atoms with Crippen molar-refractivity contribution in [3.63, 3.8) is 0 Å². The number of nitrogens with one attached hydrogen (secondary N) is 1. The van der Waals surface area contributed by atoms with Gasteiger partial charge in [0.25, 0.3) is 0 Å². The van der Waals surface area contributed by atoms with Crippen molar-refractivity contribution in [1.82, 2.24) is 4.72 Å². The molecule has 0 radical (unpaired) electrons. The van der Waals surface area contributed by atoms with Crippen molar-refractivity contribution in [2.45, 2.75) is 38.0 Å². The van der Waals surface area contributed by atoms with E-state index < -0.39 is 10.0 Å². The largest absolute Gasteiger partial charge is 0.240 e. The van der Waals surface area contributed by atoms with E-state index in [9.17, 15) is 8.42 Å². The highest BCUT2D eigenvalue weighted by Gasteiger charge is 2.19. The van der Waals surface area contributed by atoms with E-state index in [0.717, 1.165) is 11.1 Å². The van der Waals surface area contributed by atoms with Crippen molar-refractivity contribution < 1.29 is 8.42 Å². The van der Waals surface area contributed by atoms with Gasteiger partial charge in [0.1, 0.15) is 0 Å². The molecule has 3 nitrogen and oxygen atoms in total. The lowest BCUT2D eigenvalue weighted by Crippen LogP contribution is -2.21. The van der Waals surface area contributed by atoms with Crippen LogP contribution in [0.25, 0.3) is 0 Å². The van der Waals surface area contributed by atoms with Crippen molar-refractivity contribution in [2.24, 2.45) is 0 Å². The van der Waals surface area contributed by atoms with Crippen LogP contribution in [0.5, 0.6) is 0 Å². The van der Waals surface area contributed by atoms with Gasteiger partial charge in [-0.05, 0) is 36.6 Å². The van der Waals surface area contributed by atoms with Crippen LogP contribution in [-0.2, 0) is 15.4 Å². The summed E-state index contributed by atoms with van der Waals surface area (Å²) >= 11 is 0. The van der Waals surface area contributed by atoms with Crippen LogP contribution < -0.4 is 4.72 Å². The Bertz CT molecular complexity index is 484. The van der Waals surface area contributed by atoms with E-state index in [-0.39, 0.29) is 5.41 Å². The number of hydrogen-bond donors (Lipinski definition) is 1. The van der Waals surface area contributed by atoms with E-state index in [1.165, 1.54) is 7.05 Å². The molecule has 0 fully saturated rings. The van der Waals surface area contributed by atoms with E-state index in [4.69, 9.17) is 0 Å². The first kappa shape index (κ1) is 13.2. The molecular weight excluding hydrogens is 222 g/mol. The molecular formula is C12H19NO2S. The van der Waals surface area contributed by atoms with Crippen molar-refractivity contribution in [3.05, 3.63) is 29.3 Å². The highest BCUT2D eigenvalue weighted by atomic mass is 32.2. The Hall–Kier alpha value is -0.870. The molecule has 0 aliphatic rings. The predicted octanol–water partition coefficient (Wildman–Crippen LogP) is 2.20. The van der Waals surface area contributed by atoms with Gasteiger partial charge < -0.3 is 0 Å². The Labute approximate surface area is 97.9 Å². The van der Waals surface area contributed by atoms with Crippen LogP contribution in [0.2, 0.25) is 0 Å². The molecule has 0 saturated heterocycles. The van der Waals surface area contributed by atoms with Crippen LogP contribution >= 0.6 is 0 Å². The highest BCUT2D eigenvalue weighted by Crippen LogP contribution is 2.26. The Morgan fingerprint density at radius 1 is 1.19 bits per heavy atom. The molecule has 0 spiro atoms. The molecule has 0 aliphatic carbocycles. The molecule has 1 N–H and O–H groups in total. The second-order valence-corrected chi connectivity index (χ2v) is 6.79. The first-order chi connectivity index (χ1) is 7.18. The van der Waals surface area contributed by atoms with E-state index in [1.807, 2.05) is 12.1 Å². The van der Waals surface area contributed by atoms with Gasteiger partial charge in [-0.25, -0.2) is 13.1 Å². The average molecular weight is 241 g/mol. The number of aryl methyl sites for hydroxylation is 1. The minimum Gasteiger partial charge on any atom is -0.214 e. The van der Waals surface area contributed by atoms with Crippen molar-refractivity contribution in [1.29, 1.82) is 0 Å². The molecule has 1 aromatic carbocycles. The first-order valence-corrected chi connectivity index (χ1v) is 6.71. The number of hydrogen-bond acceptors (Lipinski definition) is 2. The minimum absolute atomic E-state index is 0.0499. The molecule has 0 saturated carbocycles. The van der Waals surface area contributed by atoms with Gasteiger partial charge in [-0.2, -0.15) is 0 Å². The van der Waals surface area contributed by atoms with Gasteiger partial charge in [-0.3, -0.25) is 0 Å². The van der Waals surface area contributed by atoms with Gasteiger partial charge in [0.2, 0.25) is 10.0 Å². The fourth-order valence-electron chi connectivity index (χ4n) is 1.47. The number of sulfonamides is 1. The summed E-state index contributed by atoms with van der Waals surface area (Å²) in [5.41, 5.74) is 1.74. The Morgan fingerprint density at radius 2 is 1.75 bits per heavy atom. The van der Waals surface area contributed by atoms with Crippen molar-refractivity contribution in [3.8, 4) is 0 Å². The maximum Gasteiger partial charge on any atom is 0.240 e. The lowest BCUT2D eigenvalue weighted by atomic mass is 9.87. The van der Waals surface area contributed by atoms with Crippen molar-refractivity contribution >= 4 is 10.0 Å². The van der Waals surface area contributed by atoms with E-state index >= 15 is 0 Å². The maximum atomic E-state index is 11.8. The molecule has 0 heterocycles. The Kier molecular flexibility index (Phi) is 3.45. The number of rotatable bonds is 2. The van der Waals surface area contributed by atoms with E-state index in [1.54, 1.807) is 13.0 Å². The molecule has 16 heavy (non-hydrogen) atoms. The summed E-state index contributed by atoms with van der Waals surface area (Å²) in [5.74, 6) is 0. The molecule has 0 atom stereocenters. The van der Waals surface area contributed by atoms with Crippen LogP contribution in [0.15, 0.2) is 23.1 Å². The lowest BCUT2D eigenvalue weighted by Gasteiger charge is -2.20. The Morgan fingerprint density at radius 3 is 2.19 bits per heavy atom. The maximum absolute atomic E-state index is 11.8. The van der Waals surface area contributed by atoms with E-state index in [0.29, 0.717) is 4.90 Å². The van der Waals surface area contributed by atoms with Crippen LogP contribution in [-0.4, -0.2) is 15.5 Å². The third kappa shape index (κ3) is 2.62. The molecule has 0 aliphatic heterocycles. The summed E-state index contributed by atoms with van der Waals surface area (Å²) in [6.07, 6.45) is 0. The van der Waals surface area contributed by atoms with Gasteiger partial charge in [0, 0.05) is 0 Å².